The maximum absolute atomic E-state index is 14.9. The fraction of sp³-hybridized carbons (Fsp3) is 0.593. The average Bonchev–Trinajstić information content (AvgIpc) is 3.83. The summed E-state index contributed by atoms with van der Waals surface area (Å²) in [6, 6.07) is 22.5. The molecule has 3 aliphatic rings. The van der Waals surface area contributed by atoms with Gasteiger partial charge >= 0.3 is 23.9 Å². The summed E-state index contributed by atoms with van der Waals surface area (Å²) in [6.07, 6.45) is 21.6. The molecule has 3 aromatic rings. The van der Waals surface area contributed by atoms with Crippen LogP contribution in [0.4, 0.5) is 4.39 Å². The standard InChI is InChI=1S/C28H36FNO4.C26H39NO4/c1-3-4-5-6-7-8-20-9-12-22(13-10-20)24-14-11-21(17-25(24)29)19-30(2)23-15-16-28(18-23,26(31)32)27(33)34;1-2-3-4-5-6-7-8-9-20-10-12-21(13-11-20)19-27(22-14-15-22)23-16-17-26(18-23,24(28)29)25(30)31/h9-14,17,23H,3-8,15-16,18-19H2,1-2H3,(H,31,32)(H,33,34);10-13,22-23H,2-9,14-19H2,1H3,(H,28,29)(H,30,31). The summed E-state index contributed by atoms with van der Waals surface area (Å²) in [7, 11) is 1.83. The van der Waals surface area contributed by atoms with Crippen LogP contribution in [0.3, 0.4) is 0 Å². The van der Waals surface area contributed by atoms with Crippen LogP contribution in [0.25, 0.3) is 11.1 Å². The highest BCUT2D eigenvalue weighted by atomic mass is 19.1. The highest BCUT2D eigenvalue weighted by molar-refractivity contribution is 5.99. The predicted molar refractivity (Wildman–Crippen MR) is 253 cm³/mol. The number of halogens is 1. The topological polar surface area (TPSA) is 156 Å². The van der Waals surface area contributed by atoms with Gasteiger partial charge in [0.25, 0.3) is 0 Å². The van der Waals surface area contributed by atoms with E-state index < -0.39 is 34.7 Å². The van der Waals surface area contributed by atoms with Crippen LogP contribution < -0.4 is 0 Å². The molecular formula is C54H75FN2O8. The Morgan fingerprint density at radius 1 is 0.538 bits per heavy atom. The third-order valence-corrected chi connectivity index (χ3v) is 14.5. The zero-order valence-electron chi connectivity index (χ0n) is 39.2. The molecule has 0 bridgehead atoms. The lowest BCUT2D eigenvalue weighted by Crippen LogP contribution is -2.41. The lowest BCUT2D eigenvalue weighted by Gasteiger charge is -2.30. The monoisotopic (exact) mass is 899 g/mol. The molecule has 3 aliphatic carbocycles. The van der Waals surface area contributed by atoms with Gasteiger partial charge in [-0.2, -0.15) is 0 Å². The first-order chi connectivity index (χ1) is 31.2. The fourth-order valence-electron chi connectivity index (χ4n) is 10.0. The summed E-state index contributed by atoms with van der Waals surface area (Å²) in [6.45, 7) is 5.67. The molecule has 65 heavy (non-hydrogen) atoms. The van der Waals surface area contributed by atoms with Crippen molar-refractivity contribution in [2.45, 2.75) is 186 Å². The van der Waals surface area contributed by atoms with Gasteiger partial charge in [0.15, 0.2) is 10.8 Å². The molecule has 0 radical (unpaired) electrons. The smallest absolute Gasteiger partial charge is 0.321 e. The van der Waals surface area contributed by atoms with Crippen LogP contribution in [-0.4, -0.2) is 79.3 Å². The normalized spacial score (nSPS) is 18.7. The first kappa shape index (κ1) is 51.4. The van der Waals surface area contributed by atoms with Gasteiger partial charge in [-0.05, 0) is 118 Å². The molecule has 356 valence electrons. The fourth-order valence-corrected chi connectivity index (χ4v) is 10.0. The van der Waals surface area contributed by atoms with E-state index in [0.29, 0.717) is 31.0 Å². The van der Waals surface area contributed by atoms with Crippen molar-refractivity contribution in [3.8, 4) is 11.1 Å². The van der Waals surface area contributed by atoms with Gasteiger partial charge in [0, 0.05) is 36.8 Å². The lowest BCUT2D eigenvalue weighted by molar-refractivity contribution is -0.166. The van der Waals surface area contributed by atoms with Crippen molar-refractivity contribution in [3.63, 3.8) is 0 Å². The molecule has 3 fully saturated rings. The Morgan fingerprint density at radius 2 is 0.969 bits per heavy atom. The van der Waals surface area contributed by atoms with Crippen LogP contribution in [0, 0.1) is 16.6 Å². The Hall–Kier alpha value is -4.61. The number of aryl methyl sites for hydroxylation is 2. The predicted octanol–water partition coefficient (Wildman–Crippen LogP) is 11.8. The molecule has 0 saturated heterocycles. The maximum Gasteiger partial charge on any atom is 0.321 e. The number of carbonyl (C=O) groups is 4. The van der Waals surface area contributed by atoms with Crippen LogP contribution in [-0.2, 0) is 45.1 Å². The quantitative estimate of drug-likeness (QED) is 0.0452. The molecular weight excluding hydrogens is 824 g/mol. The minimum absolute atomic E-state index is 0.0343. The van der Waals surface area contributed by atoms with Crippen molar-refractivity contribution in [2.75, 3.05) is 7.05 Å². The van der Waals surface area contributed by atoms with Crippen LogP contribution in [0.1, 0.15) is 165 Å². The minimum Gasteiger partial charge on any atom is -0.480 e. The second kappa shape index (κ2) is 24.8. The number of carboxylic acids is 4. The van der Waals surface area contributed by atoms with Gasteiger partial charge in [-0.1, -0.05) is 139 Å². The Bertz CT molecular complexity index is 1970. The van der Waals surface area contributed by atoms with Gasteiger partial charge in [-0.15, -0.1) is 0 Å². The molecule has 4 N–H and O–H groups in total. The van der Waals surface area contributed by atoms with Crippen LogP contribution >= 0.6 is 0 Å². The summed E-state index contributed by atoms with van der Waals surface area (Å²) in [5.74, 6) is -5.24. The summed E-state index contributed by atoms with van der Waals surface area (Å²) in [5.41, 5.74) is 2.72. The van der Waals surface area contributed by atoms with Gasteiger partial charge in [0.1, 0.15) is 5.82 Å². The summed E-state index contributed by atoms with van der Waals surface area (Å²) in [5, 5.41) is 38.0. The SMILES string of the molecule is CCCCCCCCCc1ccc(CN(C2CC2)C2CCC(C(=O)O)(C(=O)O)C2)cc1.CCCCCCCc1ccc(-c2ccc(CN(C)C3CCC(C(=O)O)(C(=O)O)C3)cc2F)cc1. The highest BCUT2D eigenvalue weighted by Crippen LogP contribution is 2.45. The Labute approximate surface area is 386 Å². The van der Waals surface area contributed by atoms with Crippen molar-refractivity contribution in [3.05, 3.63) is 94.8 Å². The van der Waals surface area contributed by atoms with E-state index >= 15 is 0 Å². The van der Waals surface area contributed by atoms with Crippen molar-refractivity contribution in [1.29, 1.82) is 0 Å². The van der Waals surface area contributed by atoms with E-state index in [1.54, 1.807) is 6.07 Å². The van der Waals surface area contributed by atoms with Crippen molar-refractivity contribution < 1.29 is 44.0 Å². The highest BCUT2D eigenvalue weighted by Gasteiger charge is 2.55. The Balaban J connectivity index is 0.000000245. The summed E-state index contributed by atoms with van der Waals surface area (Å²) < 4.78 is 14.9. The molecule has 0 aliphatic heterocycles. The van der Waals surface area contributed by atoms with E-state index in [-0.39, 0.29) is 43.6 Å². The van der Waals surface area contributed by atoms with Crippen LogP contribution in [0.15, 0.2) is 66.7 Å². The molecule has 11 heteroatoms. The molecule has 3 saturated carbocycles. The lowest BCUT2D eigenvalue weighted by atomic mass is 9.86. The van der Waals surface area contributed by atoms with E-state index in [1.807, 2.05) is 30.1 Å². The molecule has 2 atom stereocenters. The number of rotatable bonds is 26. The van der Waals surface area contributed by atoms with E-state index in [9.17, 15) is 44.0 Å². The Kier molecular flexibility index (Phi) is 19.6. The third kappa shape index (κ3) is 14.2. The van der Waals surface area contributed by atoms with Crippen LogP contribution in [0.5, 0.6) is 0 Å². The molecule has 6 rings (SSSR count). The molecule has 0 amide bonds. The van der Waals surface area contributed by atoms with Crippen molar-refractivity contribution in [2.24, 2.45) is 10.8 Å². The average molecular weight is 899 g/mol. The first-order valence-corrected chi connectivity index (χ1v) is 24.6. The van der Waals surface area contributed by atoms with E-state index in [4.69, 9.17) is 0 Å². The van der Waals surface area contributed by atoms with E-state index in [0.717, 1.165) is 43.4 Å². The van der Waals surface area contributed by atoms with Gasteiger partial charge in [-0.3, -0.25) is 29.0 Å². The number of unbranched alkanes of at least 4 members (excludes halogenated alkanes) is 10. The van der Waals surface area contributed by atoms with Crippen molar-refractivity contribution >= 4 is 23.9 Å². The summed E-state index contributed by atoms with van der Waals surface area (Å²) in [4.78, 5) is 50.8. The van der Waals surface area contributed by atoms with E-state index in [2.05, 4.69) is 55.1 Å². The summed E-state index contributed by atoms with van der Waals surface area (Å²) >= 11 is 0. The number of benzene rings is 3. The van der Waals surface area contributed by atoms with Gasteiger partial charge in [0.05, 0.1) is 0 Å². The molecule has 0 heterocycles. The molecule has 2 unspecified atom stereocenters. The Morgan fingerprint density at radius 3 is 1.43 bits per heavy atom. The van der Waals surface area contributed by atoms with Crippen molar-refractivity contribution in [1.82, 2.24) is 9.80 Å². The zero-order chi connectivity index (χ0) is 47.0. The third-order valence-electron chi connectivity index (χ3n) is 14.5. The second-order valence-electron chi connectivity index (χ2n) is 19.4. The minimum atomic E-state index is -1.73. The van der Waals surface area contributed by atoms with Gasteiger partial charge < -0.3 is 20.4 Å². The van der Waals surface area contributed by atoms with E-state index in [1.165, 1.54) is 99.8 Å². The largest absolute Gasteiger partial charge is 0.480 e. The molecule has 0 aromatic heterocycles. The number of nitrogens with zero attached hydrogens (tertiary/aromatic N) is 2. The van der Waals surface area contributed by atoms with Gasteiger partial charge in [0.2, 0.25) is 0 Å². The molecule has 0 spiro atoms. The maximum atomic E-state index is 14.9. The molecule has 10 nitrogen and oxygen atoms in total. The second-order valence-corrected chi connectivity index (χ2v) is 19.4. The first-order valence-electron chi connectivity index (χ1n) is 24.6. The zero-order valence-corrected chi connectivity index (χ0v) is 39.2. The number of hydrogen-bond acceptors (Lipinski definition) is 6. The number of aliphatic carboxylic acids is 4. The molecule has 3 aromatic carbocycles. The van der Waals surface area contributed by atoms with Gasteiger partial charge in [-0.25, -0.2) is 4.39 Å². The van der Waals surface area contributed by atoms with Crippen LogP contribution in [0.2, 0.25) is 0 Å². The number of hydrogen-bond donors (Lipinski definition) is 4. The number of carboxylic acid groups (broad SMARTS) is 4.